The predicted molar refractivity (Wildman–Crippen MR) is 118 cm³/mol. The molecule has 0 saturated heterocycles. The third-order valence-corrected chi connectivity index (χ3v) is 5.23. The maximum atomic E-state index is 13.2. The van der Waals surface area contributed by atoms with E-state index >= 15 is 0 Å². The Balaban J connectivity index is 2.01. The van der Waals surface area contributed by atoms with Crippen LogP contribution in [0.4, 0.5) is 0 Å². The molecule has 3 rings (SSSR count). The molecule has 0 fully saturated rings. The van der Waals surface area contributed by atoms with Crippen LogP contribution < -0.4 is 5.56 Å². The summed E-state index contributed by atoms with van der Waals surface area (Å²) in [6, 6.07) is 16.7. The van der Waals surface area contributed by atoms with E-state index in [0.29, 0.717) is 42.8 Å². The number of fused-ring (bicyclic) bond motifs is 1. The first-order valence-corrected chi connectivity index (χ1v) is 10.4. The fraction of sp³-hybridized carbons (Fsp3) is 0.375. The molecule has 1 heterocycles. The van der Waals surface area contributed by atoms with E-state index in [2.05, 4.69) is 0 Å². The van der Waals surface area contributed by atoms with Crippen LogP contribution in [-0.2, 0) is 22.5 Å². The van der Waals surface area contributed by atoms with Gasteiger partial charge in [0.2, 0.25) is 5.91 Å². The maximum Gasteiger partial charge on any atom is 0.261 e. The van der Waals surface area contributed by atoms with Crippen molar-refractivity contribution in [2.75, 3.05) is 20.3 Å². The molecular formula is C24H29N3O3. The van der Waals surface area contributed by atoms with Gasteiger partial charge < -0.3 is 9.64 Å². The standard InChI is InChI=1S/C24H29N3O3/c1-4-14-27-23(25-21-13-9-8-12-20(21)24(27)29)18(2)26(15-16-30-3)22(28)17-19-10-6-5-7-11-19/h5-13,18H,4,14-17H2,1-3H3. The Labute approximate surface area is 177 Å². The van der Waals surface area contributed by atoms with Crippen molar-refractivity contribution in [3.05, 3.63) is 76.3 Å². The molecule has 0 spiro atoms. The zero-order chi connectivity index (χ0) is 21.5. The molecule has 1 unspecified atom stereocenters. The van der Waals surface area contributed by atoms with Crippen LogP contribution in [0.2, 0.25) is 0 Å². The third-order valence-electron chi connectivity index (χ3n) is 5.23. The van der Waals surface area contributed by atoms with Crippen LogP contribution in [0.15, 0.2) is 59.4 Å². The van der Waals surface area contributed by atoms with Crippen LogP contribution in [0.5, 0.6) is 0 Å². The van der Waals surface area contributed by atoms with Crippen molar-refractivity contribution in [2.45, 2.75) is 39.3 Å². The van der Waals surface area contributed by atoms with Crippen molar-refractivity contribution in [1.29, 1.82) is 0 Å². The number of hydrogen-bond donors (Lipinski definition) is 0. The summed E-state index contributed by atoms with van der Waals surface area (Å²) in [6.45, 7) is 5.36. The Bertz CT molecular complexity index is 1050. The topological polar surface area (TPSA) is 64.4 Å². The minimum atomic E-state index is -0.361. The molecule has 1 aromatic heterocycles. The lowest BCUT2D eigenvalue weighted by molar-refractivity contribution is -0.133. The first-order valence-electron chi connectivity index (χ1n) is 10.4. The number of methoxy groups -OCH3 is 1. The molecule has 0 bridgehead atoms. The largest absolute Gasteiger partial charge is 0.383 e. The summed E-state index contributed by atoms with van der Waals surface area (Å²) < 4.78 is 6.96. The molecule has 2 aromatic carbocycles. The fourth-order valence-electron chi connectivity index (χ4n) is 3.68. The molecule has 0 radical (unpaired) electrons. The average Bonchev–Trinajstić information content (AvgIpc) is 2.76. The van der Waals surface area contributed by atoms with Crippen LogP contribution in [-0.4, -0.2) is 40.6 Å². The normalized spacial score (nSPS) is 12.1. The molecule has 0 aliphatic rings. The van der Waals surface area contributed by atoms with E-state index < -0.39 is 0 Å². The number of carbonyl (C=O) groups is 1. The molecule has 158 valence electrons. The van der Waals surface area contributed by atoms with Crippen LogP contribution >= 0.6 is 0 Å². The van der Waals surface area contributed by atoms with Gasteiger partial charge in [-0.2, -0.15) is 0 Å². The maximum absolute atomic E-state index is 13.2. The van der Waals surface area contributed by atoms with E-state index in [1.807, 2.05) is 62.4 Å². The highest BCUT2D eigenvalue weighted by molar-refractivity contribution is 5.80. The SMILES string of the molecule is CCCn1c(C(C)N(CCOC)C(=O)Cc2ccccc2)nc2ccccc2c1=O. The molecule has 0 aliphatic carbocycles. The monoisotopic (exact) mass is 407 g/mol. The molecule has 0 aliphatic heterocycles. The van der Waals surface area contributed by atoms with Crippen LogP contribution in [0.1, 0.15) is 37.7 Å². The molecule has 0 N–H and O–H groups in total. The van der Waals surface area contributed by atoms with Gasteiger partial charge in [0.25, 0.3) is 5.56 Å². The smallest absolute Gasteiger partial charge is 0.261 e. The van der Waals surface area contributed by atoms with Crippen molar-refractivity contribution < 1.29 is 9.53 Å². The van der Waals surface area contributed by atoms with Crippen molar-refractivity contribution >= 4 is 16.8 Å². The highest BCUT2D eigenvalue weighted by Crippen LogP contribution is 2.21. The number of amides is 1. The summed E-state index contributed by atoms with van der Waals surface area (Å²) in [5.41, 5.74) is 1.54. The number of ether oxygens (including phenoxy) is 1. The summed E-state index contributed by atoms with van der Waals surface area (Å²) in [7, 11) is 1.62. The molecule has 1 amide bonds. The Kier molecular flexibility index (Phi) is 7.36. The van der Waals surface area contributed by atoms with Gasteiger partial charge >= 0.3 is 0 Å². The van der Waals surface area contributed by atoms with E-state index in [4.69, 9.17) is 9.72 Å². The van der Waals surface area contributed by atoms with E-state index in [-0.39, 0.29) is 17.5 Å². The Morgan fingerprint density at radius 1 is 1.13 bits per heavy atom. The van der Waals surface area contributed by atoms with Gasteiger partial charge in [0, 0.05) is 20.2 Å². The minimum absolute atomic E-state index is 0.0174. The van der Waals surface area contributed by atoms with Crippen LogP contribution in [0.25, 0.3) is 10.9 Å². The van der Waals surface area contributed by atoms with Gasteiger partial charge in [-0.25, -0.2) is 4.98 Å². The fourth-order valence-corrected chi connectivity index (χ4v) is 3.68. The number of aromatic nitrogens is 2. The lowest BCUT2D eigenvalue weighted by Crippen LogP contribution is -2.40. The number of para-hydroxylation sites is 1. The van der Waals surface area contributed by atoms with Crippen LogP contribution in [0.3, 0.4) is 0 Å². The van der Waals surface area contributed by atoms with E-state index in [0.717, 1.165) is 12.0 Å². The second kappa shape index (κ2) is 10.2. The first-order chi connectivity index (χ1) is 14.6. The predicted octanol–water partition coefficient (Wildman–Crippen LogP) is 3.59. The second-order valence-corrected chi connectivity index (χ2v) is 7.36. The highest BCUT2D eigenvalue weighted by Gasteiger charge is 2.26. The number of hydrogen-bond acceptors (Lipinski definition) is 4. The van der Waals surface area contributed by atoms with Gasteiger partial charge in [0.15, 0.2) is 0 Å². The summed E-state index contributed by atoms with van der Waals surface area (Å²) in [5.74, 6) is 0.592. The molecular weight excluding hydrogens is 378 g/mol. The second-order valence-electron chi connectivity index (χ2n) is 7.36. The van der Waals surface area contributed by atoms with Crippen molar-refractivity contribution in [3.8, 4) is 0 Å². The van der Waals surface area contributed by atoms with Crippen molar-refractivity contribution in [3.63, 3.8) is 0 Å². The quantitative estimate of drug-likeness (QED) is 0.544. The van der Waals surface area contributed by atoms with E-state index in [1.54, 1.807) is 22.6 Å². The molecule has 30 heavy (non-hydrogen) atoms. The number of carbonyl (C=O) groups excluding carboxylic acids is 1. The number of rotatable bonds is 9. The van der Waals surface area contributed by atoms with E-state index in [1.165, 1.54) is 0 Å². The number of benzene rings is 2. The van der Waals surface area contributed by atoms with Gasteiger partial charge in [-0.3, -0.25) is 14.2 Å². The van der Waals surface area contributed by atoms with E-state index in [9.17, 15) is 9.59 Å². The van der Waals surface area contributed by atoms with Gasteiger partial charge in [0.1, 0.15) is 5.82 Å². The zero-order valence-electron chi connectivity index (χ0n) is 17.9. The lowest BCUT2D eigenvalue weighted by Gasteiger charge is -2.30. The van der Waals surface area contributed by atoms with Gasteiger partial charge in [-0.1, -0.05) is 49.4 Å². The summed E-state index contributed by atoms with van der Waals surface area (Å²) in [4.78, 5) is 32.9. The minimum Gasteiger partial charge on any atom is -0.383 e. The molecule has 1 atom stereocenters. The summed E-state index contributed by atoms with van der Waals surface area (Å²) in [5, 5.41) is 0.598. The van der Waals surface area contributed by atoms with Crippen LogP contribution in [0, 0.1) is 0 Å². The Hall–Kier alpha value is -2.99. The molecule has 3 aromatic rings. The number of nitrogens with zero attached hydrogens (tertiary/aromatic N) is 3. The zero-order valence-corrected chi connectivity index (χ0v) is 17.9. The summed E-state index contributed by atoms with van der Waals surface area (Å²) >= 11 is 0. The highest BCUT2D eigenvalue weighted by atomic mass is 16.5. The third kappa shape index (κ3) is 4.76. The Morgan fingerprint density at radius 2 is 1.83 bits per heavy atom. The summed E-state index contributed by atoms with van der Waals surface area (Å²) in [6.07, 6.45) is 1.09. The molecule has 0 saturated carbocycles. The lowest BCUT2D eigenvalue weighted by atomic mass is 10.1. The molecule has 6 nitrogen and oxygen atoms in total. The Morgan fingerprint density at radius 3 is 2.53 bits per heavy atom. The molecule has 6 heteroatoms. The van der Waals surface area contributed by atoms with Crippen molar-refractivity contribution in [1.82, 2.24) is 14.5 Å². The van der Waals surface area contributed by atoms with Crippen molar-refractivity contribution in [2.24, 2.45) is 0 Å². The first kappa shape index (κ1) is 21.7. The average molecular weight is 408 g/mol. The van der Waals surface area contributed by atoms with Gasteiger partial charge in [-0.15, -0.1) is 0 Å². The van der Waals surface area contributed by atoms with Gasteiger partial charge in [0.05, 0.1) is 30.0 Å². The van der Waals surface area contributed by atoms with Gasteiger partial charge in [-0.05, 0) is 31.0 Å².